The Kier molecular flexibility index (Phi) is 12.9. The van der Waals surface area contributed by atoms with Gasteiger partial charge in [-0.2, -0.15) is 18.1 Å². The molecule has 0 N–H and O–H groups in total. The monoisotopic (exact) mass is 617 g/mol. The quantitative estimate of drug-likeness (QED) is 0.176. The van der Waals surface area contributed by atoms with E-state index < -0.39 is 71.9 Å². The molecule has 4 unspecified atom stereocenters. The first kappa shape index (κ1) is 36.3. The van der Waals surface area contributed by atoms with E-state index in [1.807, 2.05) is 6.92 Å². The largest absolute Gasteiger partial charge is 0.458 e. The van der Waals surface area contributed by atoms with Crippen LogP contribution in [0.1, 0.15) is 85.8 Å². The predicted molar refractivity (Wildman–Crippen MR) is 152 cm³/mol. The van der Waals surface area contributed by atoms with Crippen molar-refractivity contribution in [3.8, 4) is 0 Å². The van der Waals surface area contributed by atoms with Crippen LogP contribution in [0.25, 0.3) is 0 Å². The van der Waals surface area contributed by atoms with E-state index >= 15 is 0 Å². The van der Waals surface area contributed by atoms with Crippen molar-refractivity contribution in [2.75, 3.05) is 19.8 Å². The van der Waals surface area contributed by atoms with Crippen molar-refractivity contribution in [2.45, 2.75) is 117 Å². The lowest BCUT2D eigenvalue weighted by atomic mass is 9.91. The van der Waals surface area contributed by atoms with Gasteiger partial charge >= 0.3 is 24.3 Å². The van der Waals surface area contributed by atoms with Crippen LogP contribution in [0.5, 0.6) is 0 Å². The molecule has 1 saturated heterocycles. The third-order valence-electron chi connectivity index (χ3n) is 6.44. The minimum absolute atomic E-state index is 0.00736. The van der Waals surface area contributed by atoms with Crippen LogP contribution in [0.2, 0.25) is 0 Å². The molecule has 0 radical (unpaired) electrons. The summed E-state index contributed by atoms with van der Waals surface area (Å²) in [5, 5.41) is 0. The van der Waals surface area contributed by atoms with Gasteiger partial charge in [0.25, 0.3) is 0 Å². The second-order valence-electron chi connectivity index (χ2n) is 12.7. The van der Waals surface area contributed by atoms with Gasteiger partial charge in [0.15, 0.2) is 6.04 Å². The Morgan fingerprint density at radius 2 is 1.49 bits per heavy atom. The summed E-state index contributed by atoms with van der Waals surface area (Å²) < 4.78 is 68.1. The zero-order valence-electron chi connectivity index (χ0n) is 26.4. The van der Waals surface area contributed by atoms with E-state index in [1.165, 1.54) is 12.1 Å². The second-order valence-corrected chi connectivity index (χ2v) is 12.7. The summed E-state index contributed by atoms with van der Waals surface area (Å²) in [7, 11) is 0. The van der Waals surface area contributed by atoms with Crippen molar-refractivity contribution in [1.29, 1.82) is 0 Å². The van der Waals surface area contributed by atoms with Gasteiger partial charge in [0, 0.05) is 12.5 Å². The normalized spacial score (nSPS) is 22.1. The molecule has 244 valence electrons. The molecule has 2 rings (SSSR count). The summed E-state index contributed by atoms with van der Waals surface area (Å²) in [6.45, 7) is 13.3. The third kappa shape index (κ3) is 12.0. The Morgan fingerprint density at radius 3 is 1.98 bits per heavy atom. The lowest BCUT2D eigenvalue weighted by Gasteiger charge is -2.33. The van der Waals surface area contributed by atoms with E-state index in [9.17, 15) is 27.6 Å². The number of nitrogens with zero attached hydrogens (tertiary/aromatic N) is 1. The number of carbonyl (C=O) groups excluding carboxylic acids is 3. The number of halogens is 3. The van der Waals surface area contributed by atoms with Crippen molar-refractivity contribution in [3.05, 3.63) is 35.4 Å². The third-order valence-corrected chi connectivity index (χ3v) is 6.44. The Morgan fingerprint density at radius 1 is 0.930 bits per heavy atom. The lowest BCUT2D eigenvalue weighted by Crippen LogP contribution is -2.54. The summed E-state index contributed by atoms with van der Waals surface area (Å²) in [6, 6.07) is 3.30. The minimum Gasteiger partial charge on any atom is -0.458 e. The Hall–Kier alpha value is -2.86. The molecule has 0 spiro atoms. The molecule has 12 heteroatoms. The highest BCUT2D eigenvalue weighted by Crippen LogP contribution is 2.30. The van der Waals surface area contributed by atoms with Crippen LogP contribution in [-0.2, 0) is 41.1 Å². The lowest BCUT2D eigenvalue weighted by molar-refractivity contribution is -0.163. The highest BCUT2D eigenvalue weighted by Gasteiger charge is 2.44. The van der Waals surface area contributed by atoms with Crippen LogP contribution in [0.4, 0.5) is 22.8 Å². The number of rotatable bonds is 8. The number of cyclic esters (lactones) is 1. The number of imide groups is 1. The van der Waals surface area contributed by atoms with E-state index in [1.54, 1.807) is 48.5 Å². The fourth-order valence-electron chi connectivity index (χ4n) is 4.49. The molecule has 2 amide bonds. The fraction of sp³-hybridized carbons (Fsp3) is 0.710. The summed E-state index contributed by atoms with van der Waals surface area (Å²) >= 11 is 0. The van der Waals surface area contributed by atoms with E-state index in [0.717, 1.165) is 31.4 Å². The van der Waals surface area contributed by atoms with E-state index in [0.29, 0.717) is 17.1 Å². The van der Waals surface area contributed by atoms with Gasteiger partial charge in [-0.25, -0.2) is 14.4 Å². The van der Waals surface area contributed by atoms with E-state index in [-0.39, 0.29) is 13.0 Å². The second kappa shape index (κ2) is 15.2. The predicted octanol–water partition coefficient (Wildman–Crippen LogP) is 6.94. The molecule has 0 aromatic heterocycles. The summed E-state index contributed by atoms with van der Waals surface area (Å²) in [6.07, 6.45) is -5.29. The number of hydrogen-bond acceptors (Lipinski definition) is 8. The standard InChI is InChI=1S/C31H46F3NO8/c1-9-10-11-16-40-25-20(2)41-26(36)24(35(27(37)42-29(3,4)5)28(38)43-30(6,7)8)19-39-18-22(25)17-21-12-14-23(15-13-21)31(32,33)34/h12-15,20,22,24-25H,9-11,16-19H2,1-8H3. The maximum absolute atomic E-state index is 13.5. The number of unbranched alkanes of at least 4 members (excludes halogenated alkanes) is 2. The molecule has 0 aliphatic carbocycles. The van der Waals surface area contributed by atoms with Gasteiger partial charge in [-0.05, 0) is 79.0 Å². The van der Waals surface area contributed by atoms with Crippen LogP contribution in [-0.4, -0.2) is 72.3 Å². The number of esters is 1. The molecule has 9 nitrogen and oxygen atoms in total. The average Bonchev–Trinajstić information content (AvgIpc) is 2.89. The molecule has 1 aliphatic rings. The molecule has 0 saturated carbocycles. The number of hydrogen-bond donors (Lipinski definition) is 0. The van der Waals surface area contributed by atoms with Crippen LogP contribution in [0.15, 0.2) is 24.3 Å². The first-order chi connectivity index (χ1) is 19.8. The van der Waals surface area contributed by atoms with Gasteiger partial charge in [0.05, 0.1) is 24.9 Å². The summed E-state index contributed by atoms with van der Waals surface area (Å²) in [4.78, 5) is 40.5. The highest BCUT2D eigenvalue weighted by atomic mass is 19.4. The summed E-state index contributed by atoms with van der Waals surface area (Å²) in [5.41, 5.74) is -2.12. The van der Waals surface area contributed by atoms with Crippen LogP contribution in [0, 0.1) is 5.92 Å². The summed E-state index contributed by atoms with van der Waals surface area (Å²) in [5.74, 6) is -1.35. The van der Waals surface area contributed by atoms with Crippen molar-refractivity contribution in [3.63, 3.8) is 0 Å². The highest BCUT2D eigenvalue weighted by molar-refractivity contribution is 5.94. The smallest absolute Gasteiger partial charge is 0.420 e. The number of ether oxygens (including phenoxy) is 5. The first-order valence-electron chi connectivity index (χ1n) is 14.6. The Balaban J connectivity index is 2.40. The van der Waals surface area contributed by atoms with E-state index in [2.05, 4.69) is 0 Å². The van der Waals surface area contributed by atoms with Gasteiger partial charge in [0.1, 0.15) is 17.3 Å². The molecule has 0 bridgehead atoms. The van der Waals surface area contributed by atoms with Gasteiger partial charge in [0.2, 0.25) is 0 Å². The molecule has 43 heavy (non-hydrogen) atoms. The molecule has 1 fully saturated rings. The zero-order chi connectivity index (χ0) is 32.6. The van der Waals surface area contributed by atoms with Gasteiger partial charge in [-0.15, -0.1) is 0 Å². The molecule has 1 aromatic carbocycles. The topological polar surface area (TPSA) is 101 Å². The first-order valence-corrected chi connectivity index (χ1v) is 14.6. The molecular formula is C31H46F3NO8. The Bertz CT molecular complexity index is 1030. The fourth-order valence-corrected chi connectivity index (χ4v) is 4.49. The van der Waals surface area contributed by atoms with Gasteiger partial charge in [-0.1, -0.05) is 31.9 Å². The SMILES string of the molecule is CCCCCOC1C(Cc2ccc(C(F)(F)F)cc2)COCC(N(C(=O)OC(C)(C)C)C(=O)OC(C)(C)C)C(=O)OC1C. The molecule has 1 aromatic rings. The molecule has 1 aliphatic heterocycles. The zero-order valence-corrected chi connectivity index (χ0v) is 26.4. The maximum Gasteiger partial charge on any atom is 0.420 e. The van der Waals surface area contributed by atoms with Crippen molar-refractivity contribution in [1.82, 2.24) is 4.90 Å². The molecular weight excluding hydrogens is 571 g/mol. The van der Waals surface area contributed by atoms with Crippen molar-refractivity contribution >= 4 is 18.2 Å². The van der Waals surface area contributed by atoms with Crippen molar-refractivity contribution < 1.29 is 51.2 Å². The Labute approximate surface area is 252 Å². The number of carbonyl (C=O) groups is 3. The average molecular weight is 618 g/mol. The molecule has 1 heterocycles. The number of amides is 2. The van der Waals surface area contributed by atoms with Gasteiger partial charge < -0.3 is 23.7 Å². The number of benzene rings is 1. The van der Waals surface area contributed by atoms with Crippen molar-refractivity contribution in [2.24, 2.45) is 5.92 Å². The van der Waals surface area contributed by atoms with Crippen LogP contribution < -0.4 is 0 Å². The maximum atomic E-state index is 13.5. The van der Waals surface area contributed by atoms with Crippen LogP contribution >= 0.6 is 0 Å². The van der Waals surface area contributed by atoms with E-state index in [4.69, 9.17) is 23.7 Å². The van der Waals surface area contributed by atoms with Gasteiger partial charge in [-0.3, -0.25) is 0 Å². The minimum atomic E-state index is -4.46. The number of alkyl halides is 3. The molecule has 4 atom stereocenters. The van der Waals surface area contributed by atoms with Crippen LogP contribution in [0.3, 0.4) is 0 Å².